The second-order valence-corrected chi connectivity index (χ2v) is 16.2. The van der Waals surface area contributed by atoms with Crippen LogP contribution in [0.3, 0.4) is 0 Å². The maximum atomic E-state index is 6.37. The summed E-state index contributed by atoms with van der Waals surface area (Å²) in [6.45, 7) is 2.13. The van der Waals surface area contributed by atoms with Gasteiger partial charge in [0.1, 0.15) is 5.70 Å². The van der Waals surface area contributed by atoms with Crippen LogP contribution in [-0.4, -0.2) is 18.3 Å². The topological polar surface area (TPSA) is 42.2 Å². The number of allylic oxidation sites excluding steroid dienone is 5. The summed E-state index contributed by atoms with van der Waals surface area (Å²) < 4.78 is 6.37. The van der Waals surface area contributed by atoms with Crippen molar-refractivity contribution in [3.8, 4) is 11.5 Å². The lowest BCUT2D eigenvalue weighted by Gasteiger charge is -2.34. The summed E-state index contributed by atoms with van der Waals surface area (Å²) in [6.07, 6.45) is 5.63. The first kappa shape index (κ1) is 30.9. The van der Waals surface area contributed by atoms with Crippen LogP contribution in [0.25, 0.3) is 17.0 Å². The van der Waals surface area contributed by atoms with Gasteiger partial charge in [0, 0.05) is 28.6 Å². The molecule has 50 heavy (non-hydrogen) atoms. The third-order valence-electron chi connectivity index (χ3n) is 9.42. The van der Waals surface area contributed by atoms with Crippen LogP contribution in [0.2, 0.25) is 0 Å². The van der Waals surface area contributed by atoms with Crippen LogP contribution in [0.4, 0.5) is 5.69 Å². The number of nitrogens with zero attached hydrogens (tertiary/aromatic N) is 3. The molecule has 5 aromatic carbocycles. The lowest BCUT2D eigenvalue weighted by molar-refractivity contribution is 0.549. The van der Waals surface area contributed by atoms with Crippen LogP contribution in [0.5, 0.6) is 0 Å². The molecule has 1 aromatic heterocycles. The molecule has 0 aliphatic heterocycles. The molecule has 0 fully saturated rings. The van der Waals surface area contributed by atoms with Crippen molar-refractivity contribution in [2.45, 2.75) is 19.8 Å². The Morgan fingerprint density at radius 3 is 1.68 bits per heavy atom. The third-order valence-corrected chi connectivity index (χ3v) is 14.2. The molecule has 0 amide bonds. The maximum Gasteiger partial charge on any atom is 0.248 e. The molecule has 0 bridgehead atoms. The molecular weight excluding hydrogens is 627 g/mol. The fourth-order valence-corrected chi connectivity index (χ4v) is 11.9. The van der Waals surface area contributed by atoms with Crippen molar-refractivity contribution in [2.24, 2.45) is 0 Å². The van der Waals surface area contributed by atoms with Gasteiger partial charge in [-0.2, -0.15) is 0 Å². The van der Waals surface area contributed by atoms with Crippen molar-refractivity contribution in [1.29, 1.82) is 0 Å². The van der Waals surface area contributed by atoms with Crippen LogP contribution >= 0.6 is 0 Å². The highest BCUT2D eigenvalue weighted by atomic mass is 28.3. The molecule has 0 unspecified atom stereocenters. The van der Waals surface area contributed by atoms with Crippen molar-refractivity contribution in [2.75, 3.05) is 4.90 Å². The molecule has 0 N–H and O–H groups in total. The summed E-state index contributed by atoms with van der Waals surface area (Å²) in [5, 5.41) is 14.3. The lowest BCUT2D eigenvalue weighted by atomic mass is 9.95. The van der Waals surface area contributed by atoms with Crippen molar-refractivity contribution >= 4 is 40.1 Å². The SMILES string of the molecule is CC1=C(N(C2=C=C=C=C=C2)c2ccccc2)CCC(c2nnc(-c3ccc([Si](c4ccccc4)(c4ccccc4)c4ccccc4)cc3)o2)=C1. The minimum atomic E-state index is -2.61. The smallest absolute Gasteiger partial charge is 0.248 e. The highest BCUT2D eigenvalue weighted by Crippen LogP contribution is 2.36. The predicted octanol–water partition coefficient (Wildman–Crippen LogP) is 7.59. The molecule has 2 aliphatic carbocycles. The van der Waals surface area contributed by atoms with E-state index in [-0.39, 0.29) is 0 Å². The number of aromatic nitrogens is 2. The minimum Gasteiger partial charge on any atom is -0.416 e. The molecule has 0 atom stereocenters. The van der Waals surface area contributed by atoms with Gasteiger partial charge < -0.3 is 9.32 Å². The Labute approximate surface area is 293 Å². The van der Waals surface area contributed by atoms with Crippen LogP contribution in [0.15, 0.2) is 202 Å². The second-order valence-electron chi connectivity index (χ2n) is 12.4. The van der Waals surface area contributed by atoms with E-state index in [0.29, 0.717) is 11.8 Å². The zero-order valence-electron chi connectivity index (χ0n) is 27.7. The Morgan fingerprint density at radius 1 is 0.600 bits per heavy atom. The number of rotatable bonds is 9. The van der Waals surface area contributed by atoms with E-state index in [9.17, 15) is 0 Å². The highest BCUT2D eigenvalue weighted by Gasteiger charge is 2.41. The van der Waals surface area contributed by atoms with Crippen molar-refractivity contribution in [1.82, 2.24) is 10.2 Å². The fraction of sp³-hybridized carbons (Fsp3) is 0.0667. The number of hydrogen-bond donors (Lipinski definition) is 0. The molecule has 0 spiro atoms. The first-order valence-electron chi connectivity index (χ1n) is 16.8. The van der Waals surface area contributed by atoms with Gasteiger partial charge in [-0.1, -0.05) is 127 Å². The normalized spacial score (nSPS) is 13.7. The molecule has 8 rings (SSSR count). The van der Waals surface area contributed by atoms with Gasteiger partial charge in [-0.15, -0.1) is 10.2 Å². The van der Waals surface area contributed by atoms with Gasteiger partial charge in [0.05, 0.1) is 0 Å². The van der Waals surface area contributed by atoms with E-state index in [1.807, 2.05) is 24.3 Å². The van der Waals surface area contributed by atoms with Gasteiger partial charge in [-0.3, -0.25) is 0 Å². The number of para-hydroxylation sites is 1. The first-order chi connectivity index (χ1) is 24.7. The standard InChI is InChI=1S/C45H33N3OSi/c1-34-33-36(29-32-43(34)48(37-17-7-2-8-18-37)38-19-9-3-10-20-38)45-47-46-44(49-45)35-27-30-42(31-28-35)50(39-21-11-4-12-22-39,40-23-13-5-14-24-40)41-25-15-6-16-26-41/h2,4-8,11-19,21-28,30-31,33H,29,32H2,1H3. The third kappa shape index (κ3) is 5.71. The Balaban J connectivity index is 1.14. The zero-order valence-corrected chi connectivity index (χ0v) is 28.7. The fourth-order valence-electron chi connectivity index (χ4n) is 7.13. The first-order valence-corrected chi connectivity index (χ1v) is 18.8. The summed E-state index contributed by atoms with van der Waals surface area (Å²) in [4.78, 5) is 2.22. The molecule has 5 heteroatoms. The Kier molecular flexibility index (Phi) is 8.41. The summed E-state index contributed by atoms with van der Waals surface area (Å²) in [7, 11) is -2.61. The molecule has 2 aliphatic rings. The molecule has 238 valence electrons. The molecule has 6 aromatic rings. The number of benzene rings is 5. The summed E-state index contributed by atoms with van der Waals surface area (Å²) in [6, 6.07) is 51.9. The van der Waals surface area contributed by atoms with E-state index in [0.717, 1.165) is 40.9 Å². The predicted molar refractivity (Wildman–Crippen MR) is 204 cm³/mol. The van der Waals surface area contributed by atoms with E-state index in [4.69, 9.17) is 4.42 Å². The van der Waals surface area contributed by atoms with Crippen LogP contribution in [0, 0.1) is 0 Å². The van der Waals surface area contributed by atoms with Gasteiger partial charge in [-0.25, -0.2) is 0 Å². The van der Waals surface area contributed by atoms with Crippen LogP contribution in [0.1, 0.15) is 25.7 Å². The Hall–Kier alpha value is -6.40. The van der Waals surface area contributed by atoms with Crippen molar-refractivity contribution < 1.29 is 4.42 Å². The average Bonchev–Trinajstić information content (AvgIpc) is 3.69. The lowest BCUT2D eigenvalue weighted by Crippen LogP contribution is -2.74. The Morgan fingerprint density at radius 2 is 1.14 bits per heavy atom. The Bertz CT molecular complexity index is 2310. The minimum absolute atomic E-state index is 0.512. The van der Waals surface area contributed by atoms with E-state index >= 15 is 0 Å². The van der Waals surface area contributed by atoms with Gasteiger partial charge >= 0.3 is 0 Å². The van der Waals surface area contributed by atoms with Crippen molar-refractivity contribution in [3.05, 3.63) is 204 Å². The van der Waals surface area contributed by atoms with Gasteiger partial charge in [0.2, 0.25) is 11.8 Å². The largest absolute Gasteiger partial charge is 0.416 e. The molecule has 4 nitrogen and oxygen atoms in total. The maximum absolute atomic E-state index is 6.37. The molecule has 0 saturated heterocycles. The number of anilines is 1. The van der Waals surface area contributed by atoms with Crippen molar-refractivity contribution in [3.63, 3.8) is 0 Å². The van der Waals surface area contributed by atoms with E-state index in [1.165, 1.54) is 26.4 Å². The van der Waals surface area contributed by atoms with Gasteiger partial charge in [0.25, 0.3) is 0 Å². The summed E-state index contributed by atoms with van der Waals surface area (Å²) in [5.41, 5.74) is 18.2. The zero-order chi connectivity index (χ0) is 33.8. The summed E-state index contributed by atoms with van der Waals surface area (Å²) >= 11 is 0. The monoisotopic (exact) mass is 659 g/mol. The second kappa shape index (κ2) is 13.6. The summed E-state index contributed by atoms with van der Waals surface area (Å²) in [5.74, 6) is 1.07. The average molecular weight is 660 g/mol. The van der Waals surface area contributed by atoms with E-state index < -0.39 is 8.07 Å². The molecule has 0 radical (unpaired) electrons. The molecule has 0 saturated carbocycles. The van der Waals surface area contributed by atoms with E-state index in [1.54, 1.807) is 0 Å². The number of hydrogen-bond acceptors (Lipinski definition) is 4. The molecular formula is C45H33N3OSi. The van der Waals surface area contributed by atoms with Crippen LogP contribution in [-0.2, 0) is 0 Å². The van der Waals surface area contributed by atoms with Gasteiger partial charge in [-0.05, 0) is 93.6 Å². The van der Waals surface area contributed by atoms with Crippen LogP contribution < -0.4 is 25.6 Å². The molecule has 1 heterocycles. The highest BCUT2D eigenvalue weighted by molar-refractivity contribution is 7.19. The van der Waals surface area contributed by atoms with E-state index in [2.05, 4.69) is 178 Å². The van der Waals surface area contributed by atoms with Gasteiger partial charge in [0.15, 0.2) is 8.07 Å². The quantitative estimate of drug-likeness (QED) is 0.0912.